The number of benzene rings is 2. The fraction of sp³-hybridized carbons (Fsp3) is 0.158. The predicted octanol–water partition coefficient (Wildman–Crippen LogP) is 4.26. The van der Waals surface area contributed by atoms with Crippen molar-refractivity contribution in [1.82, 2.24) is 4.57 Å². The Balaban J connectivity index is 2.04. The van der Waals surface area contributed by atoms with Crippen molar-refractivity contribution in [2.45, 2.75) is 19.6 Å². The smallest absolute Gasteiger partial charge is 0.416 e. The first kappa shape index (κ1) is 17.7. The first-order valence-electron chi connectivity index (χ1n) is 7.83. The Kier molecular flexibility index (Phi) is 4.54. The molecule has 2 aromatic carbocycles. The van der Waals surface area contributed by atoms with E-state index in [1.54, 1.807) is 31.2 Å². The second-order valence-electron chi connectivity index (χ2n) is 5.59. The maximum Gasteiger partial charge on any atom is 0.416 e. The Hall–Kier alpha value is -3.09. The average Bonchev–Trinajstić information content (AvgIpc) is 2.61. The van der Waals surface area contributed by atoms with Gasteiger partial charge in [-0.1, -0.05) is 24.3 Å². The molecule has 3 aromatic rings. The molecule has 134 valence electrons. The molecule has 3 rings (SSSR count). The molecule has 0 unspecified atom stereocenters. The molecule has 0 aliphatic heterocycles. The largest absolute Gasteiger partial charge is 0.423 e. The van der Waals surface area contributed by atoms with Gasteiger partial charge in [-0.3, -0.25) is 4.79 Å². The summed E-state index contributed by atoms with van der Waals surface area (Å²) in [6, 6.07) is 10.6. The van der Waals surface area contributed by atoms with Crippen molar-refractivity contribution in [1.29, 1.82) is 0 Å². The number of alkyl halides is 3. The fourth-order valence-corrected chi connectivity index (χ4v) is 2.64. The van der Waals surface area contributed by atoms with Gasteiger partial charge in [-0.15, -0.1) is 0 Å². The number of nitrogens with zero attached hydrogens (tertiary/aromatic N) is 1. The van der Waals surface area contributed by atoms with E-state index in [9.17, 15) is 22.8 Å². The van der Waals surface area contributed by atoms with E-state index in [0.717, 1.165) is 18.2 Å². The predicted molar refractivity (Wildman–Crippen MR) is 90.3 cm³/mol. The van der Waals surface area contributed by atoms with E-state index in [4.69, 9.17) is 4.74 Å². The zero-order chi connectivity index (χ0) is 18.9. The first-order valence-corrected chi connectivity index (χ1v) is 7.83. The molecule has 0 radical (unpaired) electrons. The zero-order valence-corrected chi connectivity index (χ0v) is 13.7. The maximum absolute atomic E-state index is 12.8. The first-order chi connectivity index (χ1) is 12.3. The summed E-state index contributed by atoms with van der Waals surface area (Å²) in [5.74, 6) is -1.05. The van der Waals surface area contributed by atoms with E-state index in [1.807, 2.05) is 0 Å². The van der Waals surface area contributed by atoms with Crippen LogP contribution in [0.25, 0.3) is 10.8 Å². The number of ether oxygens (including phenoxy) is 1. The van der Waals surface area contributed by atoms with Gasteiger partial charge in [0, 0.05) is 23.5 Å². The molecule has 0 saturated heterocycles. The lowest BCUT2D eigenvalue weighted by molar-refractivity contribution is -0.137. The molecule has 0 bridgehead atoms. The molecule has 1 heterocycles. The van der Waals surface area contributed by atoms with Crippen LogP contribution in [-0.2, 0) is 12.7 Å². The second-order valence-corrected chi connectivity index (χ2v) is 5.59. The number of hydrogen-bond acceptors (Lipinski definition) is 3. The molecule has 0 saturated carbocycles. The molecule has 0 atom stereocenters. The van der Waals surface area contributed by atoms with E-state index >= 15 is 0 Å². The molecular formula is C19H14F3NO3. The molecule has 0 spiro atoms. The van der Waals surface area contributed by atoms with Crippen LogP contribution in [0.5, 0.6) is 5.75 Å². The summed E-state index contributed by atoms with van der Waals surface area (Å²) in [6.45, 7) is 2.09. The summed E-state index contributed by atoms with van der Waals surface area (Å²) in [5, 5.41) is 0.729. The van der Waals surface area contributed by atoms with Crippen molar-refractivity contribution in [2.24, 2.45) is 0 Å². The van der Waals surface area contributed by atoms with Crippen LogP contribution in [0.1, 0.15) is 22.8 Å². The van der Waals surface area contributed by atoms with Crippen LogP contribution in [0.15, 0.2) is 59.5 Å². The second kappa shape index (κ2) is 6.67. The maximum atomic E-state index is 12.8. The van der Waals surface area contributed by atoms with Gasteiger partial charge in [0.1, 0.15) is 5.75 Å². The summed E-state index contributed by atoms with van der Waals surface area (Å²) >= 11 is 0. The van der Waals surface area contributed by atoms with Gasteiger partial charge in [-0.2, -0.15) is 13.2 Å². The van der Waals surface area contributed by atoms with Crippen molar-refractivity contribution in [3.63, 3.8) is 0 Å². The lowest BCUT2D eigenvalue weighted by atomic mass is 10.1. The fourth-order valence-electron chi connectivity index (χ4n) is 2.64. The summed E-state index contributed by atoms with van der Waals surface area (Å²) in [4.78, 5) is 24.9. The molecule has 4 nitrogen and oxygen atoms in total. The van der Waals surface area contributed by atoms with Crippen molar-refractivity contribution in [2.75, 3.05) is 0 Å². The molecule has 1 aromatic heterocycles. The number of hydrogen-bond donors (Lipinski definition) is 0. The highest BCUT2D eigenvalue weighted by Gasteiger charge is 2.31. The topological polar surface area (TPSA) is 48.3 Å². The van der Waals surface area contributed by atoms with Crippen LogP contribution >= 0.6 is 0 Å². The summed E-state index contributed by atoms with van der Waals surface area (Å²) in [5.41, 5.74) is -1.05. The highest BCUT2D eigenvalue weighted by atomic mass is 19.4. The van der Waals surface area contributed by atoms with E-state index in [1.165, 1.54) is 16.8 Å². The number of pyridine rings is 1. The van der Waals surface area contributed by atoms with Crippen LogP contribution in [0.3, 0.4) is 0 Å². The molecule has 0 amide bonds. The number of carbonyl (C=O) groups excluding carboxylic acids is 1. The van der Waals surface area contributed by atoms with E-state index in [0.29, 0.717) is 17.3 Å². The highest BCUT2D eigenvalue weighted by molar-refractivity contribution is 6.04. The Bertz CT molecular complexity index is 1040. The number of rotatable bonds is 3. The average molecular weight is 361 g/mol. The van der Waals surface area contributed by atoms with Gasteiger partial charge in [-0.05, 0) is 31.2 Å². The summed E-state index contributed by atoms with van der Waals surface area (Å²) in [6.07, 6.45) is -3.18. The Morgan fingerprint density at radius 2 is 1.77 bits per heavy atom. The minimum atomic E-state index is -4.54. The molecular weight excluding hydrogens is 347 g/mol. The number of aromatic nitrogens is 1. The van der Waals surface area contributed by atoms with Crippen LogP contribution in [0, 0.1) is 0 Å². The highest BCUT2D eigenvalue weighted by Crippen LogP contribution is 2.31. The number of esters is 1. The third-order valence-corrected chi connectivity index (χ3v) is 3.93. The van der Waals surface area contributed by atoms with Gasteiger partial charge in [-0.25, -0.2) is 4.79 Å². The molecule has 0 aliphatic rings. The molecule has 0 N–H and O–H groups in total. The third-order valence-electron chi connectivity index (χ3n) is 3.93. The zero-order valence-electron chi connectivity index (χ0n) is 13.7. The van der Waals surface area contributed by atoms with Crippen molar-refractivity contribution < 1.29 is 22.7 Å². The monoisotopic (exact) mass is 361 g/mol. The summed E-state index contributed by atoms with van der Waals surface area (Å²) in [7, 11) is 0. The van der Waals surface area contributed by atoms with Crippen LogP contribution < -0.4 is 10.3 Å². The van der Waals surface area contributed by atoms with Crippen LogP contribution in [0.4, 0.5) is 13.2 Å². The van der Waals surface area contributed by atoms with Crippen LogP contribution in [0.2, 0.25) is 0 Å². The van der Waals surface area contributed by atoms with Gasteiger partial charge < -0.3 is 9.30 Å². The van der Waals surface area contributed by atoms with Crippen molar-refractivity contribution >= 4 is 16.7 Å². The van der Waals surface area contributed by atoms with Gasteiger partial charge in [0.2, 0.25) is 0 Å². The minimum absolute atomic E-state index is 0.111. The third kappa shape index (κ3) is 3.33. The lowest BCUT2D eigenvalue weighted by Gasteiger charge is -2.12. The number of fused-ring (bicyclic) bond motifs is 1. The van der Waals surface area contributed by atoms with E-state index in [2.05, 4.69) is 0 Å². The molecule has 7 heteroatoms. The Morgan fingerprint density at radius 1 is 1.08 bits per heavy atom. The number of halogens is 3. The minimum Gasteiger partial charge on any atom is -0.423 e. The van der Waals surface area contributed by atoms with Gasteiger partial charge in [0.05, 0.1) is 11.1 Å². The Morgan fingerprint density at radius 3 is 2.42 bits per heavy atom. The molecule has 26 heavy (non-hydrogen) atoms. The van der Waals surface area contributed by atoms with Crippen molar-refractivity contribution in [3.8, 4) is 5.75 Å². The molecule has 0 aliphatic carbocycles. The van der Waals surface area contributed by atoms with Gasteiger partial charge >= 0.3 is 12.1 Å². The van der Waals surface area contributed by atoms with E-state index in [-0.39, 0.29) is 16.9 Å². The van der Waals surface area contributed by atoms with Crippen LogP contribution in [-0.4, -0.2) is 10.5 Å². The number of carbonyl (C=O) groups is 1. The van der Waals surface area contributed by atoms with Gasteiger partial charge in [0.25, 0.3) is 5.56 Å². The normalized spacial score (nSPS) is 11.5. The summed E-state index contributed by atoms with van der Waals surface area (Å²) < 4.78 is 44.9. The van der Waals surface area contributed by atoms with Crippen molar-refractivity contribution in [3.05, 3.63) is 76.2 Å². The van der Waals surface area contributed by atoms with E-state index < -0.39 is 17.7 Å². The SMILES string of the molecule is CCn1cc(C(=O)Oc2cccc(C(F)(F)F)c2)c2ccccc2c1=O. The van der Waals surface area contributed by atoms with Gasteiger partial charge in [0.15, 0.2) is 0 Å². The quantitative estimate of drug-likeness (QED) is 0.517. The lowest BCUT2D eigenvalue weighted by Crippen LogP contribution is -2.22. The molecule has 0 fully saturated rings. The number of aryl methyl sites for hydroxylation is 1. The Labute approximate surface area is 146 Å². The standard InChI is InChI=1S/C19H14F3NO3/c1-2-23-11-16(14-8-3-4-9-15(14)17(23)24)18(25)26-13-7-5-6-12(10-13)19(20,21)22/h3-11H,2H2,1H3.